The number of thiophene rings is 1. The maximum Gasteiger partial charge on any atom is 0.348 e. The summed E-state index contributed by atoms with van der Waals surface area (Å²) in [4.78, 5) is 10.8. The van der Waals surface area contributed by atoms with Crippen LogP contribution in [-0.4, -0.2) is 31.0 Å². The molecule has 0 aromatic carbocycles. The van der Waals surface area contributed by atoms with Crippen molar-refractivity contribution in [3.05, 3.63) is 4.88 Å². The van der Waals surface area contributed by atoms with Crippen LogP contribution >= 0.6 is 23.1 Å². The van der Waals surface area contributed by atoms with Crippen molar-refractivity contribution in [3.63, 3.8) is 0 Å². The van der Waals surface area contributed by atoms with Crippen LogP contribution in [0.3, 0.4) is 0 Å². The van der Waals surface area contributed by atoms with Crippen molar-refractivity contribution in [2.75, 3.05) is 12.0 Å². The Balaban J connectivity index is 3.59. The Morgan fingerprint density at radius 2 is 2.00 bits per heavy atom. The molecule has 8 heteroatoms. The molecule has 0 spiro atoms. The molecule has 0 fully saturated rings. The smallest absolute Gasteiger partial charge is 0.348 e. The Morgan fingerprint density at radius 1 is 1.47 bits per heavy atom. The van der Waals surface area contributed by atoms with Gasteiger partial charge in [0.05, 0.1) is 15.1 Å². The second-order valence-electron chi connectivity index (χ2n) is 3.56. The van der Waals surface area contributed by atoms with E-state index in [1.54, 1.807) is 6.26 Å². The zero-order valence-electron chi connectivity index (χ0n) is 9.55. The Labute approximate surface area is 108 Å². The number of rotatable bonds is 4. The van der Waals surface area contributed by atoms with Crippen LogP contribution in [0, 0.1) is 0 Å². The van der Waals surface area contributed by atoms with Crippen LogP contribution in [-0.2, 0) is 9.84 Å². The normalized spacial score (nSPS) is 12.0. The van der Waals surface area contributed by atoms with E-state index < -0.39 is 21.1 Å². The Morgan fingerprint density at radius 3 is 2.35 bits per heavy atom. The summed E-state index contributed by atoms with van der Waals surface area (Å²) >= 11 is 2.09. The molecule has 1 rings (SSSR count). The molecule has 96 valence electrons. The molecule has 1 heterocycles. The van der Waals surface area contributed by atoms with Crippen LogP contribution in [0.5, 0.6) is 0 Å². The first-order chi connectivity index (χ1) is 7.73. The number of sulfone groups is 1. The van der Waals surface area contributed by atoms with E-state index in [1.807, 2.05) is 0 Å². The van der Waals surface area contributed by atoms with Crippen LogP contribution < -0.4 is 5.73 Å². The summed E-state index contributed by atoms with van der Waals surface area (Å²) in [5, 5.41) is 8.30. The van der Waals surface area contributed by atoms with Crippen LogP contribution in [0.1, 0.15) is 23.5 Å². The lowest BCUT2D eigenvalue weighted by Crippen LogP contribution is -2.16. The van der Waals surface area contributed by atoms with Crippen molar-refractivity contribution < 1.29 is 18.3 Å². The lowest BCUT2D eigenvalue weighted by Gasteiger charge is -2.08. The number of nitrogens with two attached hydrogens (primary N) is 1. The van der Waals surface area contributed by atoms with E-state index in [9.17, 15) is 13.2 Å². The van der Waals surface area contributed by atoms with Crippen molar-refractivity contribution in [3.8, 4) is 0 Å². The maximum atomic E-state index is 12.1. The van der Waals surface area contributed by atoms with Gasteiger partial charge < -0.3 is 10.8 Å². The number of carbonyl (C=O) groups is 1. The number of thioether (sulfide) groups is 1. The molecule has 3 N–H and O–H groups in total. The molecule has 1 aromatic heterocycles. The summed E-state index contributed by atoms with van der Waals surface area (Å²) < 4.78 is 24.6. The van der Waals surface area contributed by atoms with Crippen molar-refractivity contribution >= 4 is 44.6 Å². The minimum absolute atomic E-state index is 0.0394. The fourth-order valence-corrected chi connectivity index (χ4v) is 5.02. The lowest BCUT2D eigenvalue weighted by molar-refractivity contribution is 0.0703. The zero-order valence-corrected chi connectivity index (χ0v) is 12.0. The molecule has 0 saturated carbocycles. The average Bonchev–Trinajstić information content (AvgIpc) is 2.55. The van der Waals surface area contributed by atoms with Gasteiger partial charge in [0, 0.05) is 0 Å². The highest BCUT2D eigenvalue weighted by Gasteiger charge is 2.31. The average molecular weight is 295 g/mol. The molecular weight excluding hydrogens is 282 g/mol. The topological polar surface area (TPSA) is 97.5 Å². The van der Waals surface area contributed by atoms with Gasteiger partial charge in [0.2, 0.25) is 0 Å². The van der Waals surface area contributed by atoms with Gasteiger partial charge in [-0.2, -0.15) is 0 Å². The van der Waals surface area contributed by atoms with Gasteiger partial charge in [0.15, 0.2) is 9.84 Å². The van der Waals surface area contributed by atoms with Gasteiger partial charge >= 0.3 is 5.97 Å². The first-order valence-corrected chi connectivity index (χ1v) is 8.25. The summed E-state index contributed by atoms with van der Waals surface area (Å²) in [6, 6.07) is 0. The van der Waals surface area contributed by atoms with E-state index in [1.165, 1.54) is 25.6 Å². The standard InChI is InChI=1S/C9H13NO4S3/c1-4(2)17(13,14)7-5(10)6(8(11)12)16-9(7)15-3/h4H,10H2,1-3H3,(H,11,12). The molecular formula is C9H13NO4S3. The van der Waals surface area contributed by atoms with Crippen LogP contribution in [0.25, 0.3) is 0 Å². The summed E-state index contributed by atoms with van der Waals surface area (Å²) in [6.45, 7) is 3.08. The fourth-order valence-electron chi connectivity index (χ4n) is 1.21. The number of carboxylic acids is 1. The molecule has 0 aliphatic heterocycles. The number of hydrogen-bond acceptors (Lipinski definition) is 6. The zero-order chi connectivity index (χ0) is 13.4. The van der Waals surface area contributed by atoms with Crippen LogP contribution in [0.15, 0.2) is 9.10 Å². The van der Waals surface area contributed by atoms with Gasteiger partial charge in [-0.1, -0.05) is 0 Å². The minimum atomic E-state index is -3.56. The Kier molecular flexibility index (Phi) is 4.11. The predicted molar refractivity (Wildman–Crippen MR) is 69.8 cm³/mol. The van der Waals surface area contributed by atoms with E-state index in [0.717, 1.165) is 11.3 Å². The molecule has 0 unspecified atom stereocenters. The van der Waals surface area contributed by atoms with Gasteiger partial charge in [-0.25, -0.2) is 13.2 Å². The molecule has 0 aliphatic rings. The van der Waals surface area contributed by atoms with E-state index in [0.29, 0.717) is 4.21 Å². The first kappa shape index (κ1) is 14.3. The van der Waals surface area contributed by atoms with Crippen LogP contribution in [0.2, 0.25) is 0 Å². The first-order valence-electron chi connectivity index (χ1n) is 4.66. The third kappa shape index (κ3) is 2.43. The van der Waals surface area contributed by atoms with Crippen molar-refractivity contribution in [2.24, 2.45) is 0 Å². The van der Waals surface area contributed by atoms with Gasteiger partial charge in [-0.3, -0.25) is 0 Å². The minimum Gasteiger partial charge on any atom is -0.477 e. The quantitative estimate of drug-likeness (QED) is 0.824. The highest BCUT2D eigenvalue weighted by Crippen LogP contribution is 2.41. The molecule has 0 saturated heterocycles. The summed E-state index contributed by atoms with van der Waals surface area (Å²) in [5.41, 5.74) is 5.49. The number of nitrogen functional groups attached to an aromatic ring is 1. The van der Waals surface area contributed by atoms with Crippen molar-refractivity contribution in [1.82, 2.24) is 0 Å². The third-order valence-corrected chi connectivity index (χ3v) is 6.96. The van der Waals surface area contributed by atoms with Crippen LogP contribution in [0.4, 0.5) is 5.69 Å². The second-order valence-corrected chi connectivity index (χ2v) is 8.10. The van der Waals surface area contributed by atoms with Gasteiger partial charge in [0.25, 0.3) is 0 Å². The Hall–Kier alpha value is -0.730. The van der Waals surface area contributed by atoms with Gasteiger partial charge in [-0.05, 0) is 20.1 Å². The fraction of sp³-hybridized carbons (Fsp3) is 0.444. The Bertz CT molecular complexity index is 545. The SMILES string of the molecule is CSc1sc(C(=O)O)c(N)c1S(=O)(=O)C(C)C. The van der Waals surface area contributed by atoms with E-state index >= 15 is 0 Å². The van der Waals surface area contributed by atoms with Crippen molar-refractivity contribution in [1.29, 1.82) is 0 Å². The van der Waals surface area contributed by atoms with Crippen molar-refractivity contribution in [2.45, 2.75) is 28.2 Å². The van der Waals surface area contributed by atoms with E-state index in [2.05, 4.69) is 0 Å². The summed E-state index contributed by atoms with van der Waals surface area (Å²) in [7, 11) is -3.56. The lowest BCUT2D eigenvalue weighted by atomic mass is 10.4. The second kappa shape index (κ2) is 4.87. The number of carboxylic acid groups (broad SMARTS) is 1. The highest BCUT2D eigenvalue weighted by molar-refractivity contribution is 8.01. The predicted octanol–water partition coefficient (Wildman–Crippen LogP) is 1.93. The van der Waals surface area contributed by atoms with Gasteiger partial charge in [-0.15, -0.1) is 23.1 Å². The third-order valence-electron chi connectivity index (χ3n) is 2.15. The summed E-state index contributed by atoms with van der Waals surface area (Å²) in [6.07, 6.45) is 1.69. The van der Waals surface area contributed by atoms with E-state index in [-0.39, 0.29) is 15.5 Å². The molecule has 5 nitrogen and oxygen atoms in total. The number of hydrogen-bond donors (Lipinski definition) is 2. The number of anilines is 1. The molecule has 0 bridgehead atoms. The summed E-state index contributed by atoms with van der Waals surface area (Å²) in [5.74, 6) is -1.20. The maximum absolute atomic E-state index is 12.1. The molecule has 0 radical (unpaired) electrons. The monoisotopic (exact) mass is 295 g/mol. The number of aromatic carboxylic acids is 1. The largest absolute Gasteiger partial charge is 0.477 e. The molecule has 17 heavy (non-hydrogen) atoms. The molecule has 1 aromatic rings. The molecule has 0 amide bonds. The molecule has 0 atom stereocenters. The van der Waals surface area contributed by atoms with Gasteiger partial charge in [0.1, 0.15) is 9.77 Å². The highest BCUT2D eigenvalue weighted by atomic mass is 32.2. The van der Waals surface area contributed by atoms with E-state index in [4.69, 9.17) is 10.8 Å². The molecule has 0 aliphatic carbocycles.